The van der Waals surface area contributed by atoms with Gasteiger partial charge in [0.15, 0.2) is 0 Å². The molecule has 0 saturated carbocycles. The molecule has 1 fully saturated rings. The van der Waals surface area contributed by atoms with Crippen LogP contribution in [0.4, 0.5) is 0 Å². The van der Waals surface area contributed by atoms with Crippen molar-refractivity contribution in [1.29, 1.82) is 0 Å². The Hall–Kier alpha value is -0.730. The van der Waals surface area contributed by atoms with E-state index < -0.39 is 0 Å². The van der Waals surface area contributed by atoms with E-state index in [9.17, 15) is 0 Å². The molecule has 1 saturated heterocycles. The van der Waals surface area contributed by atoms with Gasteiger partial charge in [0, 0.05) is 6.54 Å². The van der Waals surface area contributed by atoms with Gasteiger partial charge >= 0.3 is 0 Å². The van der Waals surface area contributed by atoms with Crippen LogP contribution in [0.25, 0.3) is 0 Å². The highest BCUT2D eigenvalue weighted by Gasteiger charge is 2.15. The monoisotopic (exact) mass is 213 g/mol. The minimum Gasteiger partial charge on any atom is -0.497 e. The van der Waals surface area contributed by atoms with E-state index >= 15 is 0 Å². The topological polar surface area (TPSA) is 21.3 Å². The van der Waals surface area contributed by atoms with E-state index in [4.69, 9.17) is 4.74 Å². The molecule has 1 aliphatic rings. The summed E-state index contributed by atoms with van der Waals surface area (Å²) in [6.07, 6.45) is 1.26. The molecular formula is C11H16ClNO. The zero-order chi connectivity index (χ0) is 9.10. The number of halogens is 1. The summed E-state index contributed by atoms with van der Waals surface area (Å²) in [5.41, 5.74) is 1.42. The highest BCUT2D eigenvalue weighted by Crippen LogP contribution is 2.23. The maximum absolute atomic E-state index is 5.12. The number of nitrogens with one attached hydrogen (secondary N) is 1. The Kier molecular flexibility index (Phi) is 4.23. The normalized spacial score (nSPS) is 20.2. The molecule has 0 spiro atoms. The second-order valence-corrected chi connectivity index (χ2v) is 3.46. The van der Waals surface area contributed by atoms with Crippen LogP contribution >= 0.6 is 12.4 Å². The minimum absolute atomic E-state index is 0. The van der Waals surface area contributed by atoms with Crippen molar-refractivity contribution in [3.63, 3.8) is 0 Å². The highest BCUT2D eigenvalue weighted by atomic mass is 35.5. The Bertz CT molecular complexity index is 267. The van der Waals surface area contributed by atoms with Crippen LogP contribution in [0, 0.1) is 0 Å². The first kappa shape index (κ1) is 11.3. The summed E-state index contributed by atoms with van der Waals surface area (Å²) in [6, 6.07) is 8.40. The van der Waals surface area contributed by atoms with Gasteiger partial charge in [0.05, 0.1) is 7.11 Å². The van der Waals surface area contributed by atoms with Crippen molar-refractivity contribution in [3.05, 3.63) is 29.8 Å². The van der Waals surface area contributed by atoms with E-state index in [-0.39, 0.29) is 12.4 Å². The van der Waals surface area contributed by atoms with Crippen LogP contribution in [-0.4, -0.2) is 20.2 Å². The number of benzene rings is 1. The van der Waals surface area contributed by atoms with Crippen molar-refractivity contribution in [2.24, 2.45) is 0 Å². The van der Waals surface area contributed by atoms with Crippen molar-refractivity contribution in [3.8, 4) is 5.75 Å². The summed E-state index contributed by atoms with van der Waals surface area (Å²) in [5.74, 6) is 1.64. The molecule has 78 valence electrons. The Morgan fingerprint density at radius 1 is 1.29 bits per heavy atom. The zero-order valence-corrected chi connectivity index (χ0v) is 9.14. The van der Waals surface area contributed by atoms with Gasteiger partial charge in [-0.25, -0.2) is 0 Å². The van der Waals surface area contributed by atoms with Gasteiger partial charge in [-0.2, -0.15) is 0 Å². The van der Waals surface area contributed by atoms with E-state index in [2.05, 4.69) is 17.4 Å². The van der Waals surface area contributed by atoms with Crippen LogP contribution in [0.15, 0.2) is 24.3 Å². The van der Waals surface area contributed by atoms with Crippen molar-refractivity contribution in [1.82, 2.24) is 5.32 Å². The molecular weight excluding hydrogens is 198 g/mol. The second kappa shape index (κ2) is 5.23. The van der Waals surface area contributed by atoms with Gasteiger partial charge in [-0.05, 0) is 36.6 Å². The number of ether oxygens (including phenoxy) is 1. The largest absolute Gasteiger partial charge is 0.497 e. The molecule has 14 heavy (non-hydrogen) atoms. The molecule has 3 heteroatoms. The lowest BCUT2D eigenvalue weighted by atomic mass is 9.99. The lowest BCUT2D eigenvalue weighted by molar-refractivity contribution is 0.414. The molecule has 2 rings (SSSR count). The first-order valence-corrected chi connectivity index (χ1v) is 4.75. The van der Waals surface area contributed by atoms with Gasteiger partial charge in [0.1, 0.15) is 5.75 Å². The summed E-state index contributed by atoms with van der Waals surface area (Å²) in [4.78, 5) is 0. The molecule has 1 heterocycles. The third-order valence-corrected chi connectivity index (χ3v) is 2.65. The number of rotatable bonds is 2. The summed E-state index contributed by atoms with van der Waals surface area (Å²) in [5, 5.41) is 3.37. The molecule has 0 bridgehead atoms. The Balaban J connectivity index is 0.000000980. The molecule has 2 nitrogen and oxygen atoms in total. The molecule has 0 radical (unpaired) electrons. The van der Waals surface area contributed by atoms with Gasteiger partial charge in [0.25, 0.3) is 0 Å². The standard InChI is InChI=1S/C11H15NO.ClH/c1-13-11-4-2-9(3-5-11)10-6-7-12-8-10;/h2-5,10,12H,6-8H2,1H3;1H/t10-;/m1./s1. The smallest absolute Gasteiger partial charge is 0.118 e. The van der Waals surface area contributed by atoms with Gasteiger partial charge in [0.2, 0.25) is 0 Å². The fourth-order valence-corrected chi connectivity index (χ4v) is 1.82. The molecule has 0 unspecified atom stereocenters. The third kappa shape index (κ3) is 2.40. The molecule has 0 amide bonds. The Morgan fingerprint density at radius 2 is 2.00 bits per heavy atom. The van der Waals surface area contributed by atoms with Crippen molar-refractivity contribution >= 4 is 12.4 Å². The summed E-state index contributed by atoms with van der Waals surface area (Å²) in [7, 11) is 1.70. The number of methoxy groups -OCH3 is 1. The van der Waals surface area contributed by atoms with Crippen LogP contribution in [0.5, 0.6) is 5.75 Å². The van der Waals surface area contributed by atoms with Gasteiger partial charge in [-0.1, -0.05) is 12.1 Å². The summed E-state index contributed by atoms with van der Waals surface area (Å²) >= 11 is 0. The summed E-state index contributed by atoms with van der Waals surface area (Å²) < 4.78 is 5.12. The van der Waals surface area contributed by atoms with E-state index in [1.54, 1.807) is 7.11 Å². The first-order valence-electron chi connectivity index (χ1n) is 4.75. The molecule has 1 aromatic carbocycles. The lowest BCUT2D eigenvalue weighted by Crippen LogP contribution is -2.07. The van der Waals surface area contributed by atoms with E-state index in [1.807, 2.05) is 12.1 Å². The van der Waals surface area contributed by atoms with E-state index in [0.29, 0.717) is 5.92 Å². The average molecular weight is 214 g/mol. The van der Waals surface area contributed by atoms with E-state index in [1.165, 1.54) is 12.0 Å². The SMILES string of the molecule is COc1ccc([C@@H]2CCNC2)cc1.Cl. The van der Waals surface area contributed by atoms with E-state index in [0.717, 1.165) is 18.8 Å². The Labute approximate surface area is 91.1 Å². The van der Waals surface area contributed by atoms with Gasteiger partial charge in [-0.15, -0.1) is 12.4 Å². The molecule has 1 aromatic rings. The molecule has 1 N–H and O–H groups in total. The van der Waals surface area contributed by atoms with Crippen molar-refractivity contribution < 1.29 is 4.74 Å². The quantitative estimate of drug-likeness (QED) is 0.814. The van der Waals surface area contributed by atoms with Crippen molar-refractivity contribution in [2.75, 3.05) is 20.2 Å². The number of hydrogen-bond acceptors (Lipinski definition) is 2. The predicted octanol–water partition coefficient (Wildman–Crippen LogP) is 2.19. The van der Waals surface area contributed by atoms with Crippen LogP contribution in [-0.2, 0) is 0 Å². The maximum atomic E-state index is 5.12. The fourth-order valence-electron chi connectivity index (χ4n) is 1.82. The van der Waals surface area contributed by atoms with Gasteiger partial charge < -0.3 is 10.1 Å². The summed E-state index contributed by atoms with van der Waals surface area (Å²) in [6.45, 7) is 2.27. The average Bonchev–Trinajstić information content (AvgIpc) is 2.71. The zero-order valence-electron chi connectivity index (χ0n) is 8.32. The third-order valence-electron chi connectivity index (χ3n) is 2.65. The van der Waals surface area contributed by atoms with Crippen LogP contribution in [0.3, 0.4) is 0 Å². The lowest BCUT2D eigenvalue weighted by Gasteiger charge is -2.08. The Morgan fingerprint density at radius 3 is 2.50 bits per heavy atom. The highest BCUT2D eigenvalue weighted by molar-refractivity contribution is 5.85. The van der Waals surface area contributed by atoms with Crippen LogP contribution < -0.4 is 10.1 Å². The van der Waals surface area contributed by atoms with Crippen LogP contribution in [0.2, 0.25) is 0 Å². The molecule has 0 aliphatic carbocycles. The van der Waals surface area contributed by atoms with Crippen LogP contribution in [0.1, 0.15) is 17.9 Å². The molecule has 1 aliphatic heterocycles. The maximum Gasteiger partial charge on any atom is 0.118 e. The minimum atomic E-state index is 0. The first-order chi connectivity index (χ1) is 6.40. The fraction of sp³-hybridized carbons (Fsp3) is 0.455. The van der Waals surface area contributed by atoms with Gasteiger partial charge in [-0.3, -0.25) is 0 Å². The van der Waals surface area contributed by atoms with Crippen molar-refractivity contribution in [2.45, 2.75) is 12.3 Å². The molecule has 0 aromatic heterocycles. The molecule has 1 atom stereocenters. The predicted molar refractivity (Wildman–Crippen MR) is 60.5 cm³/mol. The number of hydrogen-bond donors (Lipinski definition) is 1. The second-order valence-electron chi connectivity index (χ2n) is 3.46.